The van der Waals surface area contributed by atoms with E-state index in [0.29, 0.717) is 6.54 Å². The van der Waals surface area contributed by atoms with Crippen LogP contribution in [0.3, 0.4) is 0 Å². The van der Waals surface area contributed by atoms with Crippen LogP contribution < -0.4 is 15.2 Å². The van der Waals surface area contributed by atoms with Crippen LogP contribution in [0.2, 0.25) is 0 Å². The van der Waals surface area contributed by atoms with Crippen molar-refractivity contribution in [3.63, 3.8) is 0 Å². The van der Waals surface area contributed by atoms with Gasteiger partial charge in [0.15, 0.2) is 0 Å². The lowest BCUT2D eigenvalue weighted by Crippen LogP contribution is -2.40. The fourth-order valence-corrected chi connectivity index (χ4v) is 1.65. The minimum atomic E-state index is -3.50. The predicted octanol–water partition coefficient (Wildman–Crippen LogP) is -1.86. The summed E-state index contributed by atoms with van der Waals surface area (Å²) in [6.45, 7) is 1.53. The molecule has 0 radical (unpaired) electrons. The van der Waals surface area contributed by atoms with E-state index in [1.165, 1.54) is 0 Å². The zero-order chi connectivity index (χ0) is 7.61. The first-order valence-corrected chi connectivity index (χ1v) is 4.63. The predicted molar refractivity (Wildman–Crippen MR) is 37.5 cm³/mol. The number of nitrogens with one attached hydrogen (secondary N) is 2. The molecule has 5 nitrogen and oxygen atoms in total. The van der Waals surface area contributed by atoms with Crippen molar-refractivity contribution < 1.29 is 8.42 Å². The van der Waals surface area contributed by atoms with Gasteiger partial charge in [0.25, 0.3) is 10.2 Å². The number of hydrogen-bond donors (Lipinski definition) is 3. The van der Waals surface area contributed by atoms with Crippen LogP contribution in [0.15, 0.2) is 0 Å². The van der Waals surface area contributed by atoms with Gasteiger partial charge in [0.05, 0.1) is 0 Å². The molecule has 0 aliphatic carbocycles. The fraction of sp³-hybridized carbons (Fsp3) is 1.00. The zero-order valence-corrected chi connectivity index (χ0v) is 6.32. The lowest BCUT2D eigenvalue weighted by molar-refractivity contribution is 0.562. The van der Waals surface area contributed by atoms with Gasteiger partial charge in [0.1, 0.15) is 0 Å². The van der Waals surface area contributed by atoms with Crippen LogP contribution in [0.4, 0.5) is 0 Å². The largest absolute Gasteiger partial charge is 0.315 e. The van der Waals surface area contributed by atoms with Crippen LogP contribution in [0, 0.1) is 0 Å². The Balaban J connectivity index is 2.38. The standard InChI is InChI=1S/C4H11N3O2S/c5-10(8,9)7-4-1-2-6-3-4/h4,6-7H,1-3H2,(H2,5,8,9)/t4-/m1/s1. The molecule has 1 fully saturated rings. The molecule has 4 N–H and O–H groups in total. The van der Waals surface area contributed by atoms with Crippen LogP contribution in [-0.4, -0.2) is 27.5 Å². The first-order valence-electron chi connectivity index (χ1n) is 3.09. The third-order valence-corrected chi connectivity index (χ3v) is 2.05. The smallest absolute Gasteiger partial charge is 0.274 e. The van der Waals surface area contributed by atoms with Crippen molar-refractivity contribution in [3.05, 3.63) is 0 Å². The zero-order valence-electron chi connectivity index (χ0n) is 5.50. The van der Waals surface area contributed by atoms with Crippen molar-refractivity contribution in [2.75, 3.05) is 13.1 Å². The molecule has 0 aromatic carbocycles. The lowest BCUT2D eigenvalue weighted by atomic mass is 10.3. The summed E-state index contributed by atoms with van der Waals surface area (Å²) in [6.07, 6.45) is 0.816. The molecule has 1 heterocycles. The Morgan fingerprint density at radius 3 is 2.70 bits per heavy atom. The molecule has 1 aliphatic heterocycles. The minimum Gasteiger partial charge on any atom is -0.315 e. The Labute approximate surface area is 60.2 Å². The Morgan fingerprint density at radius 2 is 2.30 bits per heavy atom. The van der Waals surface area contributed by atoms with E-state index in [4.69, 9.17) is 5.14 Å². The summed E-state index contributed by atoms with van der Waals surface area (Å²) in [5.41, 5.74) is 0. The van der Waals surface area contributed by atoms with E-state index < -0.39 is 10.2 Å². The van der Waals surface area contributed by atoms with E-state index in [1.807, 2.05) is 0 Å². The summed E-state index contributed by atoms with van der Waals surface area (Å²) in [6, 6.07) is -0.0185. The summed E-state index contributed by atoms with van der Waals surface area (Å²) < 4.78 is 23.2. The van der Waals surface area contributed by atoms with E-state index in [0.717, 1.165) is 13.0 Å². The molecule has 1 atom stereocenters. The van der Waals surface area contributed by atoms with Gasteiger partial charge in [-0.15, -0.1) is 0 Å². The van der Waals surface area contributed by atoms with Gasteiger partial charge in [0.2, 0.25) is 0 Å². The molecule has 1 aliphatic rings. The minimum absolute atomic E-state index is 0.0185. The third-order valence-electron chi connectivity index (χ3n) is 1.39. The summed E-state index contributed by atoms with van der Waals surface area (Å²) >= 11 is 0. The van der Waals surface area contributed by atoms with Crippen molar-refractivity contribution in [2.24, 2.45) is 5.14 Å². The highest BCUT2D eigenvalue weighted by molar-refractivity contribution is 7.87. The van der Waals surface area contributed by atoms with Crippen LogP contribution in [0.5, 0.6) is 0 Å². The molecule has 0 aromatic rings. The quantitative estimate of drug-likeness (QED) is 0.448. The third kappa shape index (κ3) is 2.61. The van der Waals surface area contributed by atoms with Gasteiger partial charge in [-0.25, -0.2) is 5.14 Å². The molecular formula is C4H11N3O2S. The second-order valence-electron chi connectivity index (χ2n) is 2.35. The topological polar surface area (TPSA) is 84.2 Å². The van der Waals surface area contributed by atoms with Gasteiger partial charge in [-0.1, -0.05) is 0 Å². The van der Waals surface area contributed by atoms with E-state index in [-0.39, 0.29) is 6.04 Å². The van der Waals surface area contributed by atoms with E-state index in [9.17, 15) is 8.42 Å². The van der Waals surface area contributed by atoms with Gasteiger partial charge in [-0.3, -0.25) is 0 Å². The van der Waals surface area contributed by atoms with Gasteiger partial charge in [-0.05, 0) is 13.0 Å². The normalized spacial score (nSPS) is 27.1. The Hall–Kier alpha value is -0.170. The van der Waals surface area contributed by atoms with Crippen molar-refractivity contribution in [3.8, 4) is 0 Å². The second-order valence-corrected chi connectivity index (χ2v) is 3.68. The van der Waals surface area contributed by atoms with Crippen LogP contribution in [0.1, 0.15) is 6.42 Å². The van der Waals surface area contributed by atoms with E-state index in [1.54, 1.807) is 0 Å². The molecule has 10 heavy (non-hydrogen) atoms. The molecule has 0 unspecified atom stereocenters. The highest BCUT2D eigenvalue weighted by Gasteiger charge is 2.17. The highest BCUT2D eigenvalue weighted by Crippen LogP contribution is 1.96. The maximum absolute atomic E-state index is 10.4. The molecule has 0 aromatic heterocycles. The van der Waals surface area contributed by atoms with Gasteiger partial charge < -0.3 is 5.32 Å². The molecule has 0 spiro atoms. The SMILES string of the molecule is NS(=O)(=O)N[C@@H]1CCNC1. The average molecular weight is 165 g/mol. The maximum Gasteiger partial charge on any atom is 0.274 e. The molecule has 1 rings (SSSR count). The highest BCUT2D eigenvalue weighted by atomic mass is 32.2. The molecule has 0 bridgehead atoms. The molecule has 60 valence electrons. The lowest BCUT2D eigenvalue weighted by Gasteiger charge is -2.06. The first-order chi connectivity index (χ1) is 4.58. The first kappa shape index (κ1) is 7.93. The van der Waals surface area contributed by atoms with E-state index >= 15 is 0 Å². The maximum atomic E-state index is 10.4. The molecule has 1 saturated heterocycles. The number of rotatable bonds is 2. The summed E-state index contributed by atoms with van der Waals surface area (Å²) in [7, 11) is -3.50. The van der Waals surface area contributed by atoms with Crippen molar-refractivity contribution in [1.82, 2.24) is 10.0 Å². The van der Waals surface area contributed by atoms with Crippen molar-refractivity contribution in [1.29, 1.82) is 0 Å². The average Bonchev–Trinajstić information content (AvgIpc) is 2.12. The Kier molecular flexibility index (Phi) is 2.24. The van der Waals surface area contributed by atoms with Crippen LogP contribution in [-0.2, 0) is 10.2 Å². The van der Waals surface area contributed by atoms with Gasteiger partial charge in [-0.2, -0.15) is 13.1 Å². The van der Waals surface area contributed by atoms with E-state index in [2.05, 4.69) is 10.0 Å². The monoisotopic (exact) mass is 165 g/mol. The summed E-state index contributed by atoms with van der Waals surface area (Å²) in [4.78, 5) is 0. The summed E-state index contributed by atoms with van der Waals surface area (Å²) in [5, 5.41) is 7.76. The van der Waals surface area contributed by atoms with Crippen molar-refractivity contribution >= 4 is 10.2 Å². The van der Waals surface area contributed by atoms with Gasteiger partial charge in [0, 0.05) is 12.6 Å². The number of hydrogen-bond acceptors (Lipinski definition) is 3. The fourth-order valence-electron chi connectivity index (χ4n) is 0.988. The van der Waals surface area contributed by atoms with Crippen molar-refractivity contribution in [2.45, 2.75) is 12.5 Å². The molecule has 0 saturated carbocycles. The molecule has 0 amide bonds. The number of nitrogens with two attached hydrogens (primary N) is 1. The Bertz CT molecular complexity index is 195. The van der Waals surface area contributed by atoms with Crippen LogP contribution in [0.25, 0.3) is 0 Å². The van der Waals surface area contributed by atoms with Crippen LogP contribution >= 0.6 is 0 Å². The van der Waals surface area contributed by atoms with Gasteiger partial charge >= 0.3 is 0 Å². The molecule has 6 heteroatoms. The second kappa shape index (κ2) is 2.83. The molecular weight excluding hydrogens is 154 g/mol. The summed E-state index contributed by atoms with van der Waals surface area (Å²) in [5.74, 6) is 0. The Morgan fingerprint density at radius 1 is 1.60 bits per heavy atom.